The van der Waals surface area contributed by atoms with E-state index in [1.807, 2.05) is 6.07 Å². The fourth-order valence-corrected chi connectivity index (χ4v) is 2.41. The van der Waals surface area contributed by atoms with Crippen LogP contribution in [0.25, 0.3) is 6.08 Å². The van der Waals surface area contributed by atoms with E-state index in [1.165, 1.54) is 43.6 Å². The summed E-state index contributed by atoms with van der Waals surface area (Å²) in [5, 5.41) is 22.8. The highest BCUT2D eigenvalue weighted by atomic mass is 16.6. The molecule has 0 unspecified atom stereocenters. The van der Waals surface area contributed by atoms with Crippen molar-refractivity contribution in [3.63, 3.8) is 0 Å². The van der Waals surface area contributed by atoms with Gasteiger partial charge in [-0.05, 0) is 24.6 Å². The first-order valence-corrected chi connectivity index (χ1v) is 8.90. The summed E-state index contributed by atoms with van der Waals surface area (Å²) in [6.07, 6.45) is 11.1. The van der Waals surface area contributed by atoms with Gasteiger partial charge in [0.2, 0.25) is 0 Å². The Morgan fingerprint density at radius 2 is 1.92 bits per heavy atom. The first-order chi connectivity index (χ1) is 12.6. The highest BCUT2D eigenvalue weighted by molar-refractivity contribution is 5.97. The van der Waals surface area contributed by atoms with Crippen LogP contribution in [0, 0.1) is 21.4 Å². The van der Waals surface area contributed by atoms with Gasteiger partial charge in [0.1, 0.15) is 11.6 Å². The summed E-state index contributed by atoms with van der Waals surface area (Å²) in [5.74, 6) is -0.423. The second kappa shape index (κ2) is 12.4. The van der Waals surface area contributed by atoms with Gasteiger partial charge in [-0.15, -0.1) is 0 Å². The minimum absolute atomic E-state index is 0.0224. The number of hydrogen-bond acceptors (Lipinski definition) is 4. The Labute approximate surface area is 154 Å². The number of allylic oxidation sites excluding steroid dienone is 2. The predicted molar refractivity (Wildman–Crippen MR) is 102 cm³/mol. The Morgan fingerprint density at radius 1 is 1.23 bits per heavy atom. The number of nitrogens with zero attached hydrogens (tertiary/aromatic N) is 2. The molecule has 0 aromatic heterocycles. The van der Waals surface area contributed by atoms with E-state index in [0.29, 0.717) is 12.1 Å². The number of benzene rings is 1. The number of unbranched alkanes of at least 4 members (excludes halogenated alkanes) is 5. The number of amides is 1. The van der Waals surface area contributed by atoms with Crippen molar-refractivity contribution in [2.24, 2.45) is 0 Å². The Balaban J connectivity index is 2.53. The number of para-hydroxylation sites is 1. The maximum absolute atomic E-state index is 12.0. The van der Waals surface area contributed by atoms with Gasteiger partial charge in [-0.3, -0.25) is 14.9 Å². The first kappa shape index (κ1) is 21.1. The molecule has 0 fully saturated rings. The number of nitriles is 1. The van der Waals surface area contributed by atoms with Crippen molar-refractivity contribution >= 4 is 17.7 Å². The molecular formula is C20H25N3O3. The quantitative estimate of drug-likeness (QED) is 0.157. The molecule has 6 heteroatoms. The third-order valence-electron chi connectivity index (χ3n) is 3.85. The molecule has 1 aromatic rings. The second-order valence-electron chi connectivity index (χ2n) is 5.89. The monoisotopic (exact) mass is 355 g/mol. The van der Waals surface area contributed by atoms with E-state index in [-0.39, 0.29) is 11.3 Å². The smallest absolute Gasteiger partial charge is 0.276 e. The van der Waals surface area contributed by atoms with Crippen LogP contribution in [-0.4, -0.2) is 17.4 Å². The maximum Gasteiger partial charge on any atom is 0.276 e. The predicted octanol–water partition coefficient (Wildman–Crippen LogP) is 4.53. The molecule has 1 rings (SSSR count). The van der Waals surface area contributed by atoms with Gasteiger partial charge in [-0.1, -0.05) is 57.2 Å². The van der Waals surface area contributed by atoms with Crippen LogP contribution in [0.5, 0.6) is 0 Å². The molecule has 0 radical (unpaired) electrons. The van der Waals surface area contributed by atoms with E-state index in [2.05, 4.69) is 12.2 Å². The number of nitrogens with one attached hydrogen (secondary N) is 1. The standard InChI is InChI=1S/C20H25N3O3/c1-2-3-4-5-6-9-15-22-20(24)18(16-21)13-10-12-17-11-7-8-14-19(17)23(25)26/h7-8,10-14H,2-6,9,15H2,1H3,(H,22,24)/b12-10+,18-13-. The molecule has 0 spiro atoms. The Bertz CT molecular complexity index is 702. The zero-order valence-corrected chi connectivity index (χ0v) is 15.1. The van der Waals surface area contributed by atoms with Crippen molar-refractivity contribution in [1.29, 1.82) is 5.26 Å². The van der Waals surface area contributed by atoms with Crippen LogP contribution in [0.15, 0.2) is 42.0 Å². The SMILES string of the molecule is CCCCCCCCNC(=O)/C(C#N)=C\C=C\c1ccccc1[N+](=O)[O-]. The van der Waals surface area contributed by atoms with Gasteiger partial charge in [0.25, 0.3) is 11.6 Å². The third-order valence-corrected chi connectivity index (χ3v) is 3.85. The number of carbonyl (C=O) groups is 1. The zero-order chi connectivity index (χ0) is 19.2. The molecule has 0 aliphatic rings. The molecule has 1 amide bonds. The zero-order valence-electron chi connectivity index (χ0n) is 15.1. The third kappa shape index (κ3) is 7.75. The number of carbonyl (C=O) groups excluding carboxylic acids is 1. The lowest BCUT2D eigenvalue weighted by molar-refractivity contribution is -0.385. The molecule has 0 aliphatic carbocycles. The maximum atomic E-state index is 12.0. The van der Waals surface area contributed by atoms with E-state index in [9.17, 15) is 14.9 Å². The molecule has 1 aromatic carbocycles. The summed E-state index contributed by atoms with van der Waals surface area (Å²) in [6, 6.07) is 8.14. The normalized spacial score (nSPS) is 11.3. The van der Waals surface area contributed by atoms with Gasteiger partial charge >= 0.3 is 0 Å². The summed E-state index contributed by atoms with van der Waals surface area (Å²) < 4.78 is 0. The van der Waals surface area contributed by atoms with Crippen LogP contribution >= 0.6 is 0 Å². The van der Waals surface area contributed by atoms with Crippen molar-refractivity contribution in [2.75, 3.05) is 6.54 Å². The van der Waals surface area contributed by atoms with Gasteiger partial charge in [0.05, 0.1) is 10.5 Å². The molecule has 138 valence electrons. The van der Waals surface area contributed by atoms with Crippen molar-refractivity contribution in [3.05, 3.63) is 57.7 Å². The van der Waals surface area contributed by atoms with E-state index in [4.69, 9.17) is 5.26 Å². The number of rotatable bonds is 11. The largest absolute Gasteiger partial charge is 0.351 e. The Hall–Kier alpha value is -2.94. The van der Waals surface area contributed by atoms with E-state index >= 15 is 0 Å². The summed E-state index contributed by atoms with van der Waals surface area (Å²) in [6.45, 7) is 2.71. The Morgan fingerprint density at radius 3 is 2.62 bits per heavy atom. The van der Waals surface area contributed by atoms with E-state index in [1.54, 1.807) is 18.2 Å². The van der Waals surface area contributed by atoms with Crippen LogP contribution < -0.4 is 5.32 Å². The van der Waals surface area contributed by atoms with Crippen molar-refractivity contribution in [2.45, 2.75) is 45.4 Å². The van der Waals surface area contributed by atoms with Crippen LogP contribution in [0.1, 0.15) is 51.0 Å². The van der Waals surface area contributed by atoms with E-state index in [0.717, 1.165) is 19.3 Å². The lowest BCUT2D eigenvalue weighted by atomic mass is 10.1. The van der Waals surface area contributed by atoms with Crippen molar-refractivity contribution < 1.29 is 9.72 Å². The fraction of sp³-hybridized carbons (Fsp3) is 0.400. The summed E-state index contributed by atoms with van der Waals surface area (Å²) in [5.41, 5.74) is 0.368. The Kier molecular flexibility index (Phi) is 10.1. The minimum atomic E-state index is -0.470. The van der Waals surface area contributed by atoms with E-state index < -0.39 is 10.8 Å². The fourth-order valence-electron chi connectivity index (χ4n) is 2.41. The topological polar surface area (TPSA) is 96.0 Å². The average Bonchev–Trinajstić information content (AvgIpc) is 2.64. The summed E-state index contributed by atoms with van der Waals surface area (Å²) >= 11 is 0. The first-order valence-electron chi connectivity index (χ1n) is 8.90. The van der Waals surface area contributed by atoms with Crippen LogP contribution in [0.2, 0.25) is 0 Å². The molecule has 0 aliphatic heterocycles. The second-order valence-corrected chi connectivity index (χ2v) is 5.89. The molecule has 26 heavy (non-hydrogen) atoms. The molecule has 0 heterocycles. The summed E-state index contributed by atoms with van der Waals surface area (Å²) in [7, 11) is 0. The molecule has 0 saturated carbocycles. The number of hydrogen-bond donors (Lipinski definition) is 1. The summed E-state index contributed by atoms with van der Waals surface area (Å²) in [4.78, 5) is 22.5. The molecule has 6 nitrogen and oxygen atoms in total. The van der Waals surface area contributed by atoms with Crippen molar-refractivity contribution in [3.8, 4) is 6.07 Å². The molecular weight excluding hydrogens is 330 g/mol. The van der Waals surface area contributed by atoms with Gasteiger partial charge in [-0.2, -0.15) is 5.26 Å². The van der Waals surface area contributed by atoms with Gasteiger partial charge in [-0.25, -0.2) is 0 Å². The molecule has 1 N–H and O–H groups in total. The average molecular weight is 355 g/mol. The van der Waals surface area contributed by atoms with Gasteiger partial charge in [0.15, 0.2) is 0 Å². The molecule has 0 saturated heterocycles. The molecule has 0 atom stereocenters. The van der Waals surface area contributed by atoms with Crippen LogP contribution in [0.4, 0.5) is 5.69 Å². The van der Waals surface area contributed by atoms with Crippen LogP contribution in [-0.2, 0) is 4.79 Å². The lowest BCUT2D eigenvalue weighted by Crippen LogP contribution is -2.25. The van der Waals surface area contributed by atoms with Crippen molar-refractivity contribution in [1.82, 2.24) is 5.32 Å². The highest BCUT2D eigenvalue weighted by Gasteiger charge is 2.09. The number of nitro benzene ring substituents is 1. The molecule has 0 bridgehead atoms. The lowest BCUT2D eigenvalue weighted by Gasteiger charge is -2.04. The van der Waals surface area contributed by atoms with Crippen LogP contribution in [0.3, 0.4) is 0 Å². The number of nitro groups is 1. The van der Waals surface area contributed by atoms with Gasteiger partial charge in [0, 0.05) is 12.6 Å². The van der Waals surface area contributed by atoms with Gasteiger partial charge < -0.3 is 5.32 Å². The minimum Gasteiger partial charge on any atom is -0.351 e. The highest BCUT2D eigenvalue weighted by Crippen LogP contribution is 2.19.